The first kappa shape index (κ1) is 9.73. The molecule has 3 rings (SSSR count). The van der Waals surface area contributed by atoms with Crippen LogP contribution in [0.4, 0.5) is 5.82 Å². The second kappa shape index (κ2) is 3.84. The van der Waals surface area contributed by atoms with E-state index in [0.29, 0.717) is 11.6 Å². The van der Waals surface area contributed by atoms with Crippen LogP contribution in [0.1, 0.15) is 0 Å². The fourth-order valence-electron chi connectivity index (χ4n) is 1.68. The lowest BCUT2D eigenvalue weighted by Crippen LogP contribution is -2.10. The molecule has 6 heteroatoms. The van der Waals surface area contributed by atoms with E-state index in [2.05, 4.69) is 20.5 Å². The normalized spacial score (nSPS) is 10.6. The van der Waals surface area contributed by atoms with E-state index in [1.807, 2.05) is 24.3 Å². The van der Waals surface area contributed by atoms with E-state index in [-0.39, 0.29) is 0 Å². The molecule has 0 atom stereocenters. The Balaban J connectivity index is 2.20. The van der Waals surface area contributed by atoms with Crippen molar-refractivity contribution in [2.24, 2.45) is 5.84 Å². The predicted molar refractivity (Wildman–Crippen MR) is 64.5 cm³/mol. The molecule has 2 heterocycles. The highest BCUT2D eigenvalue weighted by Gasteiger charge is 2.05. The molecular formula is C11H10N6. The lowest BCUT2D eigenvalue weighted by atomic mass is 10.3. The minimum Gasteiger partial charge on any atom is -0.307 e. The number of hydrazine groups is 1. The number of aromatic nitrogens is 4. The van der Waals surface area contributed by atoms with Crippen molar-refractivity contribution >= 4 is 16.7 Å². The first-order chi connectivity index (χ1) is 8.38. The van der Waals surface area contributed by atoms with Gasteiger partial charge in [0.05, 0.1) is 24.1 Å². The van der Waals surface area contributed by atoms with Crippen molar-refractivity contribution < 1.29 is 0 Å². The van der Waals surface area contributed by atoms with Gasteiger partial charge >= 0.3 is 0 Å². The zero-order valence-electron chi connectivity index (χ0n) is 8.91. The first-order valence-electron chi connectivity index (χ1n) is 5.10. The summed E-state index contributed by atoms with van der Waals surface area (Å²) < 4.78 is 1.73. The maximum absolute atomic E-state index is 5.30. The quantitative estimate of drug-likeness (QED) is 0.505. The van der Waals surface area contributed by atoms with Gasteiger partial charge in [-0.3, -0.25) is 4.98 Å². The van der Waals surface area contributed by atoms with Gasteiger partial charge in [-0.05, 0) is 6.07 Å². The number of nitrogens with one attached hydrogen (secondary N) is 1. The van der Waals surface area contributed by atoms with Crippen LogP contribution in [0.5, 0.6) is 0 Å². The summed E-state index contributed by atoms with van der Waals surface area (Å²) in [7, 11) is 0. The minimum absolute atomic E-state index is 0.502. The van der Waals surface area contributed by atoms with Crippen molar-refractivity contribution in [1.29, 1.82) is 0 Å². The van der Waals surface area contributed by atoms with Crippen molar-refractivity contribution in [3.8, 4) is 5.82 Å². The molecule has 0 aliphatic heterocycles. The molecule has 0 aliphatic carbocycles. The summed E-state index contributed by atoms with van der Waals surface area (Å²) in [6, 6.07) is 7.90. The fraction of sp³-hybridized carbons (Fsp3) is 0. The van der Waals surface area contributed by atoms with E-state index in [0.717, 1.165) is 10.9 Å². The molecule has 0 saturated carbocycles. The monoisotopic (exact) mass is 226 g/mol. The molecule has 0 aliphatic rings. The highest BCUT2D eigenvalue weighted by atomic mass is 15.3. The molecule has 84 valence electrons. The second-order valence-electron chi connectivity index (χ2n) is 3.52. The van der Waals surface area contributed by atoms with Crippen molar-refractivity contribution in [3.63, 3.8) is 0 Å². The number of hydrogen-bond acceptors (Lipinski definition) is 5. The van der Waals surface area contributed by atoms with Crippen LogP contribution in [-0.2, 0) is 0 Å². The first-order valence-corrected chi connectivity index (χ1v) is 5.10. The van der Waals surface area contributed by atoms with Gasteiger partial charge in [0.25, 0.3) is 0 Å². The number of nitrogens with two attached hydrogens (primary N) is 1. The smallest absolute Gasteiger partial charge is 0.174 e. The molecular weight excluding hydrogens is 216 g/mol. The molecule has 0 bridgehead atoms. The van der Waals surface area contributed by atoms with Crippen LogP contribution in [0, 0.1) is 0 Å². The van der Waals surface area contributed by atoms with Crippen molar-refractivity contribution in [2.45, 2.75) is 0 Å². The van der Waals surface area contributed by atoms with Gasteiger partial charge in [0.1, 0.15) is 0 Å². The number of nitrogens with zero attached hydrogens (tertiary/aromatic N) is 4. The van der Waals surface area contributed by atoms with E-state index < -0.39 is 0 Å². The zero-order valence-corrected chi connectivity index (χ0v) is 8.91. The molecule has 3 aromatic rings. The van der Waals surface area contributed by atoms with Crippen LogP contribution in [0.2, 0.25) is 0 Å². The Morgan fingerprint density at radius 3 is 2.88 bits per heavy atom. The molecule has 1 aromatic carbocycles. The van der Waals surface area contributed by atoms with E-state index in [1.165, 1.54) is 0 Å². The number of benzene rings is 1. The van der Waals surface area contributed by atoms with Gasteiger partial charge in [0, 0.05) is 5.39 Å². The molecule has 6 nitrogen and oxygen atoms in total. The van der Waals surface area contributed by atoms with Crippen LogP contribution in [0.15, 0.2) is 42.9 Å². The molecule has 2 aromatic heterocycles. The zero-order chi connectivity index (χ0) is 11.7. The Kier molecular flexibility index (Phi) is 2.20. The molecule has 3 N–H and O–H groups in total. The Bertz CT molecular complexity index is 660. The van der Waals surface area contributed by atoms with Crippen LogP contribution >= 0.6 is 0 Å². The summed E-state index contributed by atoms with van der Waals surface area (Å²) in [5.74, 6) is 6.43. The SMILES string of the molecule is NNc1cncc(-n2ncc3ccccc32)n1. The number of para-hydroxylation sites is 1. The summed E-state index contributed by atoms with van der Waals surface area (Å²) in [5, 5.41) is 5.34. The summed E-state index contributed by atoms with van der Waals surface area (Å²) >= 11 is 0. The standard InChI is InChI=1S/C11H10N6/c12-16-10-6-13-7-11(15-10)17-9-4-2-1-3-8(9)5-14-17/h1-7H,12H2,(H,15,16). The van der Waals surface area contributed by atoms with Gasteiger partial charge in [0.15, 0.2) is 11.6 Å². The lowest BCUT2D eigenvalue weighted by molar-refractivity contribution is 0.864. The number of anilines is 1. The third-order valence-corrected chi connectivity index (χ3v) is 2.46. The fourth-order valence-corrected chi connectivity index (χ4v) is 1.68. The maximum Gasteiger partial charge on any atom is 0.174 e. The van der Waals surface area contributed by atoms with Crippen LogP contribution in [0.25, 0.3) is 16.7 Å². The van der Waals surface area contributed by atoms with E-state index in [9.17, 15) is 0 Å². The second-order valence-corrected chi connectivity index (χ2v) is 3.52. The number of rotatable bonds is 2. The Morgan fingerprint density at radius 1 is 1.12 bits per heavy atom. The predicted octanol–water partition coefficient (Wildman–Crippen LogP) is 1.10. The van der Waals surface area contributed by atoms with Gasteiger partial charge < -0.3 is 5.43 Å². The number of fused-ring (bicyclic) bond motifs is 1. The summed E-state index contributed by atoms with van der Waals surface area (Å²) in [4.78, 5) is 8.34. The van der Waals surface area contributed by atoms with Gasteiger partial charge in [0.2, 0.25) is 0 Å². The highest BCUT2D eigenvalue weighted by Crippen LogP contribution is 2.16. The lowest BCUT2D eigenvalue weighted by Gasteiger charge is -2.03. The maximum atomic E-state index is 5.30. The average molecular weight is 226 g/mol. The van der Waals surface area contributed by atoms with Gasteiger partial charge in [-0.1, -0.05) is 18.2 Å². The molecule has 0 fully saturated rings. The number of hydrogen-bond donors (Lipinski definition) is 2. The topological polar surface area (TPSA) is 81.6 Å². The summed E-state index contributed by atoms with van der Waals surface area (Å²) in [6.45, 7) is 0. The number of nitrogen functional groups attached to an aromatic ring is 1. The van der Waals surface area contributed by atoms with Crippen LogP contribution in [0.3, 0.4) is 0 Å². The molecule has 0 radical (unpaired) electrons. The van der Waals surface area contributed by atoms with Gasteiger partial charge in [-0.15, -0.1) is 0 Å². The van der Waals surface area contributed by atoms with E-state index in [1.54, 1.807) is 23.3 Å². The van der Waals surface area contributed by atoms with Crippen LogP contribution < -0.4 is 11.3 Å². The summed E-state index contributed by atoms with van der Waals surface area (Å²) in [5.41, 5.74) is 3.45. The van der Waals surface area contributed by atoms with Crippen molar-refractivity contribution in [1.82, 2.24) is 19.7 Å². The molecule has 0 spiro atoms. The minimum atomic E-state index is 0.502. The summed E-state index contributed by atoms with van der Waals surface area (Å²) in [6.07, 6.45) is 4.98. The van der Waals surface area contributed by atoms with Gasteiger partial charge in [-0.25, -0.2) is 15.5 Å². The Hall–Kier alpha value is -2.47. The van der Waals surface area contributed by atoms with Crippen molar-refractivity contribution in [3.05, 3.63) is 42.9 Å². The van der Waals surface area contributed by atoms with E-state index >= 15 is 0 Å². The molecule has 0 amide bonds. The van der Waals surface area contributed by atoms with Crippen LogP contribution in [-0.4, -0.2) is 19.7 Å². The highest BCUT2D eigenvalue weighted by molar-refractivity contribution is 5.79. The third kappa shape index (κ3) is 1.60. The Morgan fingerprint density at radius 2 is 2.00 bits per heavy atom. The molecule has 0 saturated heterocycles. The average Bonchev–Trinajstić information content (AvgIpc) is 2.82. The largest absolute Gasteiger partial charge is 0.307 e. The van der Waals surface area contributed by atoms with Crippen molar-refractivity contribution in [2.75, 3.05) is 5.43 Å². The van der Waals surface area contributed by atoms with E-state index in [4.69, 9.17) is 5.84 Å². The Labute approximate surface area is 97.1 Å². The van der Waals surface area contributed by atoms with Gasteiger partial charge in [-0.2, -0.15) is 5.10 Å². The third-order valence-electron chi connectivity index (χ3n) is 2.46. The molecule has 0 unspecified atom stereocenters. The molecule has 17 heavy (non-hydrogen) atoms.